The predicted molar refractivity (Wildman–Crippen MR) is 147 cm³/mol. The third-order valence-electron chi connectivity index (χ3n) is 8.00. The van der Waals surface area contributed by atoms with E-state index in [1.165, 1.54) is 5.56 Å². The van der Waals surface area contributed by atoms with Crippen LogP contribution in [-0.2, 0) is 34.0 Å². The summed E-state index contributed by atoms with van der Waals surface area (Å²) in [7, 11) is 1.57. The van der Waals surface area contributed by atoms with Crippen LogP contribution < -0.4 is 11.1 Å². The van der Waals surface area contributed by atoms with E-state index in [1.54, 1.807) is 7.41 Å². The summed E-state index contributed by atoms with van der Waals surface area (Å²) in [5.41, 5.74) is 7.37. The van der Waals surface area contributed by atoms with Crippen LogP contribution in [0, 0.1) is 0 Å². The molecule has 0 atom stereocenters. The predicted octanol–water partition coefficient (Wildman–Crippen LogP) is 4.53. The van der Waals surface area contributed by atoms with Crippen molar-refractivity contribution in [3.63, 3.8) is 0 Å². The Kier molecular flexibility index (Phi) is 7.94. The van der Waals surface area contributed by atoms with Crippen molar-refractivity contribution in [1.29, 1.82) is 0 Å². The molecule has 2 heterocycles. The molecule has 3 N–H and O–H groups in total. The number of nitrogens with two attached hydrogens (primary N) is 1. The molecule has 207 valence electrons. The van der Waals surface area contributed by atoms with Crippen LogP contribution in [0.2, 0.25) is 0 Å². The maximum Gasteiger partial charge on any atom is 0.419 e. The Balaban J connectivity index is 1.30. The van der Waals surface area contributed by atoms with E-state index in [9.17, 15) is 22.8 Å². The largest absolute Gasteiger partial charge is 0.419 e. The molecule has 1 aromatic heterocycles. The average Bonchev–Trinajstić information content (AvgIpc) is 3.75. The molecular weight excluding hydrogens is 518 g/mol. The Labute approximate surface area is 231 Å². The second kappa shape index (κ2) is 11.4. The fourth-order valence-electron chi connectivity index (χ4n) is 5.57. The van der Waals surface area contributed by atoms with Gasteiger partial charge in [-0.25, -0.2) is 9.97 Å². The highest BCUT2D eigenvalue weighted by Crippen LogP contribution is 2.49. The van der Waals surface area contributed by atoms with Crippen LogP contribution in [0.3, 0.4) is 0 Å². The number of carbonyl (C=O) groups excluding carboxylic acids is 2. The number of hydrogen-bond acceptors (Lipinski definition) is 6. The topological polar surface area (TPSA) is 101 Å². The van der Waals surface area contributed by atoms with Crippen LogP contribution >= 0.6 is 0 Å². The first-order valence-corrected chi connectivity index (χ1v) is 13.4. The fraction of sp³-hybridized carbons (Fsp3) is 0.379. The molecule has 1 aliphatic heterocycles. The number of aryl methyl sites for hydroxylation is 2. The number of piperidine rings is 1. The summed E-state index contributed by atoms with van der Waals surface area (Å²) in [6.45, 7) is 1.64. The maximum absolute atomic E-state index is 13.8. The maximum atomic E-state index is 13.8. The highest BCUT2D eigenvalue weighted by atomic mass is 19.4. The van der Waals surface area contributed by atoms with Crippen molar-refractivity contribution >= 4 is 31.1 Å². The zero-order chi connectivity index (χ0) is 28.3. The van der Waals surface area contributed by atoms with Crippen molar-refractivity contribution in [2.45, 2.75) is 56.0 Å². The van der Waals surface area contributed by atoms with Gasteiger partial charge in [0.2, 0.25) is 11.9 Å². The van der Waals surface area contributed by atoms with Crippen LogP contribution in [0.25, 0.3) is 0 Å². The molecule has 5 rings (SSSR count). The van der Waals surface area contributed by atoms with Crippen LogP contribution in [0.15, 0.2) is 54.7 Å². The molecule has 2 aliphatic rings. The van der Waals surface area contributed by atoms with Gasteiger partial charge >= 0.3 is 6.18 Å². The summed E-state index contributed by atoms with van der Waals surface area (Å²) in [5, 5.41) is 3.03. The number of primary amides is 1. The van der Waals surface area contributed by atoms with Crippen LogP contribution in [0.1, 0.15) is 59.5 Å². The molecule has 2 fully saturated rings. The molecule has 0 unspecified atom stereocenters. The molecule has 1 saturated carbocycles. The van der Waals surface area contributed by atoms with Crippen molar-refractivity contribution in [1.82, 2.24) is 14.8 Å². The van der Waals surface area contributed by atoms with Crippen molar-refractivity contribution in [2.75, 3.05) is 18.4 Å². The summed E-state index contributed by atoms with van der Waals surface area (Å²) < 4.78 is 41.5. The number of amides is 1. The lowest BCUT2D eigenvalue weighted by Gasteiger charge is -2.30. The second-order valence-corrected chi connectivity index (χ2v) is 10.5. The molecule has 0 bridgehead atoms. The van der Waals surface area contributed by atoms with Gasteiger partial charge in [-0.05, 0) is 86.4 Å². The summed E-state index contributed by atoms with van der Waals surface area (Å²) >= 11 is 0. The number of halogens is 3. The zero-order valence-corrected chi connectivity index (χ0v) is 22.0. The van der Waals surface area contributed by atoms with E-state index in [4.69, 9.17) is 5.73 Å². The summed E-state index contributed by atoms with van der Waals surface area (Å²) in [5.74, 6) is 0.0568. The molecule has 0 spiro atoms. The zero-order valence-electron chi connectivity index (χ0n) is 22.0. The van der Waals surface area contributed by atoms with Gasteiger partial charge in [0.05, 0.1) is 22.9 Å². The van der Waals surface area contributed by atoms with Gasteiger partial charge in [0.1, 0.15) is 0 Å². The quantitative estimate of drug-likeness (QED) is 0.285. The van der Waals surface area contributed by atoms with Crippen LogP contribution in [0.5, 0.6) is 0 Å². The molecule has 1 aliphatic carbocycles. The molecule has 7 nitrogen and oxygen atoms in total. The van der Waals surface area contributed by atoms with Crippen molar-refractivity contribution < 1.29 is 22.8 Å². The number of rotatable bonds is 10. The standard InChI is InChI=1S/C29H30BF3N5O2/c31-29(32,33)24-17-35-27(36-22-8-5-19(6-9-22)20-11-15-38(16-12-20)30-18-39)37-25(24)10-7-21-3-1-2-4-23(21)28(13-14-28)26(34)40/h1-6,8-9,17-18,20H,7,10-16H2,(H2,34,40)(H,35,36,37). The molecule has 1 amide bonds. The lowest BCUT2D eigenvalue weighted by molar-refractivity contribution is -0.138. The molecule has 3 aromatic rings. The Morgan fingerprint density at radius 2 is 1.80 bits per heavy atom. The number of aromatic nitrogens is 2. The number of nitrogens with one attached hydrogen (secondary N) is 1. The Morgan fingerprint density at radius 3 is 2.42 bits per heavy atom. The summed E-state index contributed by atoms with van der Waals surface area (Å²) in [6, 6.07) is 15.0. The van der Waals surface area contributed by atoms with Gasteiger partial charge in [0.15, 0.2) is 0 Å². The van der Waals surface area contributed by atoms with E-state index in [1.807, 2.05) is 53.3 Å². The minimum atomic E-state index is -4.60. The van der Waals surface area contributed by atoms with Crippen molar-refractivity contribution in [3.05, 3.63) is 82.7 Å². The fourth-order valence-corrected chi connectivity index (χ4v) is 5.57. The highest BCUT2D eigenvalue weighted by Gasteiger charge is 2.50. The SMILES string of the molecule is NC(=O)C1(c2ccccc2CCc2nc(Nc3ccc(C4CCN([B]C=O)CC4)cc3)ncc2C(F)(F)F)CC1. The minimum absolute atomic E-state index is 0.0249. The number of benzene rings is 2. The first-order chi connectivity index (χ1) is 19.2. The molecule has 11 heteroatoms. The Bertz CT molecular complexity index is 1370. The van der Waals surface area contributed by atoms with E-state index < -0.39 is 23.1 Å². The first-order valence-electron chi connectivity index (χ1n) is 13.4. The van der Waals surface area contributed by atoms with Crippen LogP contribution in [-0.4, -0.2) is 47.4 Å². The number of alkyl halides is 3. The van der Waals surface area contributed by atoms with Gasteiger partial charge in [-0.1, -0.05) is 36.4 Å². The highest BCUT2D eigenvalue weighted by molar-refractivity contribution is 6.64. The first kappa shape index (κ1) is 27.8. The Hall–Kier alpha value is -3.73. The van der Waals surface area contributed by atoms with Gasteiger partial charge in [-0.2, -0.15) is 13.2 Å². The van der Waals surface area contributed by atoms with E-state index in [0.29, 0.717) is 24.4 Å². The van der Waals surface area contributed by atoms with Crippen LogP contribution in [0.4, 0.5) is 24.8 Å². The van der Waals surface area contributed by atoms with E-state index >= 15 is 0 Å². The molecule has 1 saturated heterocycles. The smallest absolute Gasteiger partial charge is 0.369 e. The number of carbonyl (C=O) groups is 2. The van der Waals surface area contributed by atoms with Gasteiger partial charge in [0, 0.05) is 11.9 Å². The minimum Gasteiger partial charge on any atom is -0.369 e. The lowest BCUT2D eigenvalue weighted by atomic mass is 9.84. The van der Waals surface area contributed by atoms with Gasteiger partial charge in [0.25, 0.3) is 7.41 Å². The summed E-state index contributed by atoms with van der Waals surface area (Å²) in [6.07, 6.45) is 0.497. The van der Waals surface area contributed by atoms with Crippen molar-refractivity contribution in [3.8, 4) is 0 Å². The molecule has 40 heavy (non-hydrogen) atoms. The van der Waals surface area contributed by atoms with Gasteiger partial charge in [-0.3, -0.25) is 4.79 Å². The van der Waals surface area contributed by atoms with Gasteiger partial charge in [-0.15, -0.1) is 0 Å². The molecular formula is C29H30BF3N5O2. The van der Waals surface area contributed by atoms with Crippen molar-refractivity contribution in [2.24, 2.45) is 5.73 Å². The van der Waals surface area contributed by atoms with Gasteiger partial charge < -0.3 is 20.7 Å². The van der Waals surface area contributed by atoms with E-state index in [0.717, 1.165) is 49.4 Å². The number of hydrogen-bond donors (Lipinski definition) is 2. The number of nitrogens with zero attached hydrogens (tertiary/aromatic N) is 3. The average molecular weight is 548 g/mol. The molecule has 1 radical (unpaired) electrons. The molecule has 2 aromatic carbocycles. The normalized spacial score (nSPS) is 17.3. The summed E-state index contributed by atoms with van der Waals surface area (Å²) in [4.78, 5) is 33.0. The monoisotopic (exact) mass is 548 g/mol. The second-order valence-electron chi connectivity index (χ2n) is 10.5. The Morgan fingerprint density at radius 1 is 1.10 bits per heavy atom. The van der Waals surface area contributed by atoms with E-state index in [-0.39, 0.29) is 24.5 Å². The third-order valence-corrected chi connectivity index (χ3v) is 8.00. The lowest BCUT2D eigenvalue weighted by Crippen LogP contribution is -2.36. The third kappa shape index (κ3) is 6.04. The number of anilines is 2. The van der Waals surface area contributed by atoms with E-state index in [2.05, 4.69) is 15.3 Å².